The van der Waals surface area contributed by atoms with Gasteiger partial charge < -0.3 is 5.32 Å². The summed E-state index contributed by atoms with van der Waals surface area (Å²) < 4.78 is 0. The van der Waals surface area contributed by atoms with Crippen LogP contribution in [0.1, 0.15) is 30.0 Å². The molecule has 3 heteroatoms. The van der Waals surface area contributed by atoms with Gasteiger partial charge in [-0.05, 0) is 19.9 Å². The minimum atomic E-state index is 0.398. The Morgan fingerprint density at radius 3 is 3.00 bits per heavy atom. The largest absolute Gasteiger partial charge is 0.309 e. The quantitative estimate of drug-likeness (QED) is 0.732. The molecule has 2 nitrogen and oxygen atoms in total. The first kappa shape index (κ1) is 10.4. The average molecular weight is 196 g/mol. The highest BCUT2D eigenvalue weighted by atomic mass is 32.1. The molecule has 72 valence electrons. The number of aromatic nitrogens is 1. The molecule has 0 radical (unpaired) electrons. The number of nitrogens with one attached hydrogen (secondary N) is 1. The Morgan fingerprint density at radius 1 is 1.77 bits per heavy atom. The van der Waals surface area contributed by atoms with Crippen LogP contribution < -0.4 is 5.32 Å². The maximum Gasteiger partial charge on any atom is 0.0798 e. The minimum absolute atomic E-state index is 0.398. The van der Waals surface area contributed by atoms with Crippen molar-refractivity contribution >= 4 is 11.3 Å². The fourth-order valence-corrected chi connectivity index (χ4v) is 2.23. The molecule has 0 saturated carbocycles. The van der Waals surface area contributed by atoms with E-state index in [1.165, 1.54) is 4.88 Å². The van der Waals surface area contributed by atoms with E-state index in [0.29, 0.717) is 6.04 Å². The lowest BCUT2D eigenvalue weighted by atomic mass is 10.1. The van der Waals surface area contributed by atoms with Gasteiger partial charge >= 0.3 is 0 Å². The molecule has 1 heterocycles. The fourth-order valence-electron chi connectivity index (χ4n) is 1.34. The number of aryl methyl sites for hydroxylation is 1. The first-order valence-corrected chi connectivity index (χ1v) is 5.41. The third-order valence-electron chi connectivity index (χ3n) is 1.95. The zero-order chi connectivity index (χ0) is 9.68. The first-order valence-electron chi connectivity index (χ1n) is 4.53. The van der Waals surface area contributed by atoms with E-state index in [-0.39, 0.29) is 0 Å². The zero-order valence-corrected chi connectivity index (χ0v) is 9.03. The molecule has 0 aliphatic carbocycles. The van der Waals surface area contributed by atoms with Crippen molar-refractivity contribution in [3.63, 3.8) is 0 Å². The summed E-state index contributed by atoms with van der Waals surface area (Å²) in [6, 6.07) is 0.398. The van der Waals surface area contributed by atoms with Crippen LogP contribution in [-0.4, -0.2) is 11.5 Å². The molecule has 1 aromatic rings. The van der Waals surface area contributed by atoms with E-state index in [9.17, 15) is 0 Å². The van der Waals surface area contributed by atoms with Crippen molar-refractivity contribution in [2.45, 2.75) is 26.3 Å². The molecule has 0 amide bonds. The lowest BCUT2D eigenvalue weighted by Gasteiger charge is -2.14. The Balaban J connectivity index is 2.74. The van der Waals surface area contributed by atoms with Crippen molar-refractivity contribution in [3.05, 3.63) is 28.7 Å². The molecule has 13 heavy (non-hydrogen) atoms. The Bertz CT molecular complexity index is 268. The van der Waals surface area contributed by atoms with Crippen LogP contribution in [0, 0.1) is 6.92 Å². The van der Waals surface area contributed by atoms with Gasteiger partial charge in [0.25, 0.3) is 0 Å². The zero-order valence-electron chi connectivity index (χ0n) is 8.21. The summed E-state index contributed by atoms with van der Waals surface area (Å²) in [5.41, 5.74) is 3.04. The van der Waals surface area contributed by atoms with Gasteiger partial charge in [-0.15, -0.1) is 17.9 Å². The molecule has 1 N–H and O–H groups in total. The Labute approximate surface area is 83.7 Å². The van der Waals surface area contributed by atoms with E-state index in [2.05, 4.69) is 30.7 Å². The molecular formula is C10H16N2S. The van der Waals surface area contributed by atoms with Gasteiger partial charge in [-0.3, -0.25) is 0 Å². The Morgan fingerprint density at radius 2 is 2.54 bits per heavy atom. The average Bonchev–Trinajstić information content (AvgIpc) is 2.51. The molecular weight excluding hydrogens is 180 g/mol. The van der Waals surface area contributed by atoms with Crippen LogP contribution in [0.5, 0.6) is 0 Å². The van der Waals surface area contributed by atoms with Gasteiger partial charge in [0.05, 0.1) is 11.2 Å². The second kappa shape index (κ2) is 5.14. The summed E-state index contributed by atoms with van der Waals surface area (Å²) in [7, 11) is 0. The van der Waals surface area contributed by atoms with Crippen molar-refractivity contribution in [2.24, 2.45) is 0 Å². The van der Waals surface area contributed by atoms with Crippen LogP contribution in [0.3, 0.4) is 0 Å². The van der Waals surface area contributed by atoms with Crippen LogP contribution >= 0.6 is 11.3 Å². The summed E-state index contributed by atoms with van der Waals surface area (Å²) >= 11 is 1.72. The number of rotatable bonds is 5. The maximum atomic E-state index is 4.25. The lowest BCUT2D eigenvalue weighted by molar-refractivity contribution is 0.564. The van der Waals surface area contributed by atoms with Crippen molar-refractivity contribution in [2.75, 3.05) is 6.54 Å². The number of hydrogen-bond acceptors (Lipinski definition) is 3. The molecule has 1 aromatic heterocycles. The molecule has 0 aromatic carbocycles. The molecule has 1 rings (SSSR count). The fraction of sp³-hybridized carbons (Fsp3) is 0.500. The second-order valence-electron chi connectivity index (χ2n) is 2.94. The summed E-state index contributed by atoms with van der Waals surface area (Å²) in [5.74, 6) is 0. The van der Waals surface area contributed by atoms with Crippen LogP contribution in [0.15, 0.2) is 18.2 Å². The number of nitrogens with zero attached hydrogens (tertiary/aromatic N) is 1. The van der Waals surface area contributed by atoms with E-state index in [4.69, 9.17) is 0 Å². The summed E-state index contributed by atoms with van der Waals surface area (Å²) in [6.07, 6.45) is 2.92. The molecule has 0 bridgehead atoms. The van der Waals surface area contributed by atoms with E-state index < -0.39 is 0 Å². The molecule has 0 aliphatic rings. The van der Waals surface area contributed by atoms with E-state index >= 15 is 0 Å². The van der Waals surface area contributed by atoms with E-state index in [1.807, 2.05) is 11.6 Å². The molecule has 0 aliphatic heterocycles. The van der Waals surface area contributed by atoms with Gasteiger partial charge in [0, 0.05) is 10.9 Å². The molecule has 1 atom stereocenters. The summed E-state index contributed by atoms with van der Waals surface area (Å²) in [4.78, 5) is 5.58. The number of hydrogen-bond donors (Lipinski definition) is 1. The second-order valence-corrected chi connectivity index (χ2v) is 3.82. The van der Waals surface area contributed by atoms with Crippen LogP contribution in [0.25, 0.3) is 0 Å². The third-order valence-corrected chi connectivity index (χ3v) is 3.00. The highest BCUT2D eigenvalue weighted by Crippen LogP contribution is 2.24. The van der Waals surface area contributed by atoms with Crippen molar-refractivity contribution in [1.82, 2.24) is 10.3 Å². The van der Waals surface area contributed by atoms with Gasteiger partial charge in [-0.2, -0.15) is 0 Å². The van der Waals surface area contributed by atoms with Crippen molar-refractivity contribution in [3.8, 4) is 0 Å². The Kier molecular flexibility index (Phi) is 4.12. The topological polar surface area (TPSA) is 24.9 Å². The third kappa shape index (κ3) is 2.64. The van der Waals surface area contributed by atoms with Crippen molar-refractivity contribution in [1.29, 1.82) is 0 Å². The minimum Gasteiger partial charge on any atom is -0.309 e. The van der Waals surface area contributed by atoms with Crippen LogP contribution in [0.2, 0.25) is 0 Å². The molecule has 0 fully saturated rings. The smallest absolute Gasteiger partial charge is 0.0798 e. The lowest BCUT2D eigenvalue weighted by Crippen LogP contribution is -2.20. The highest BCUT2D eigenvalue weighted by Gasteiger charge is 2.12. The molecule has 1 unspecified atom stereocenters. The predicted octanol–water partition coefficient (Wildman–Crippen LogP) is 2.68. The monoisotopic (exact) mass is 196 g/mol. The van der Waals surface area contributed by atoms with Crippen molar-refractivity contribution < 1.29 is 0 Å². The highest BCUT2D eigenvalue weighted by molar-refractivity contribution is 7.09. The molecule has 0 saturated heterocycles. The van der Waals surface area contributed by atoms with Gasteiger partial charge in [0.15, 0.2) is 0 Å². The number of thiazole rings is 1. The normalized spacial score (nSPS) is 12.8. The Hall–Kier alpha value is -0.670. The maximum absolute atomic E-state index is 4.25. The standard InChI is InChI=1S/C10H16N2S/c1-4-6-9(11-5-2)10-8(3)12-7-13-10/h4,7,9,11H,1,5-6H2,2-3H3. The summed E-state index contributed by atoms with van der Waals surface area (Å²) in [6.45, 7) is 8.92. The van der Waals surface area contributed by atoms with Gasteiger partial charge in [-0.1, -0.05) is 13.0 Å². The summed E-state index contributed by atoms with van der Waals surface area (Å²) in [5, 5.41) is 3.43. The van der Waals surface area contributed by atoms with Gasteiger partial charge in [0.1, 0.15) is 0 Å². The predicted molar refractivity (Wildman–Crippen MR) is 58.1 cm³/mol. The van der Waals surface area contributed by atoms with E-state index in [1.54, 1.807) is 11.3 Å². The van der Waals surface area contributed by atoms with Gasteiger partial charge in [0.2, 0.25) is 0 Å². The van der Waals surface area contributed by atoms with Crippen LogP contribution in [0.4, 0.5) is 0 Å². The molecule has 0 spiro atoms. The van der Waals surface area contributed by atoms with Crippen LogP contribution in [-0.2, 0) is 0 Å². The SMILES string of the molecule is C=CCC(NCC)c1scnc1C. The first-order chi connectivity index (χ1) is 6.29. The van der Waals surface area contributed by atoms with Gasteiger partial charge in [-0.25, -0.2) is 4.98 Å². The van der Waals surface area contributed by atoms with E-state index in [0.717, 1.165) is 18.7 Å².